The van der Waals surface area contributed by atoms with Gasteiger partial charge in [0.05, 0.1) is 0 Å². The van der Waals surface area contributed by atoms with E-state index >= 15 is 0 Å². The second kappa shape index (κ2) is 12.5. The number of halogens is 3. The Hall–Kier alpha value is -1.40. The molecule has 2 amide bonds. The van der Waals surface area contributed by atoms with Crippen molar-refractivity contribution in [3.05, 3.63) is 63.1 Å². The van der Waals surface area contributed by atoms with Crippen molar-refractivity contribution in [1.82, 2.24) is 10.2 Å². The molecule has 0 saturated carbocycles. The molecular formula is C22H25Cl3N2O2S. The van der Waals surface area contributed by atoms with Gasteiger partial charge in [-0.05, 0) is 49.7 Å². The Morgan fingerprint density at radius 2 is 1.67 bits per heavy atom. The number of carbonyl (C=O) groups excluding carboxylic acids is 2. The average Bonchev–Trinajstić information content (AvgIpc) is 2.71. The van der Waals surface area contributed by atoms with Crippen LogP contribution in [0, 0.1) is 0 Å². The maximum absolute atomic E-state index is 13.1. The van der Waals surface area contributed by atoms with E-state index in [2.05, 4.69) is 5.32 Å². The minimum atomic E-state index is -0.592. The number of benzene rings is 2. The van der Waals surface area contributed by atoms with E-state index in [1.807, 2.05) is 38.1 Å². The van der Waals surface area contributed by atoms with Gasteiger partial charge in [0.1, 0.15) is 6.04 Å². The van der Waals surface area contributed by atoms with Gasteiger partial charge in [-0.25, -0.2) is 0 Å². The molecular weight excluding hydrogens is 463 g/mol. The summed E-state index contributed by atoms with van der Waals surface area (Å²) in [5.41, 5.74) is 0.641. The molecule has 8 heteroatoms. The van der Waals surface area contributed by atoms with E-state index in [9.17, 15) is 9.59 Å². The van der Waals surface area contributed by atoms with Crippen LogP contribution in [0.1, 0.15) is 32.3 Å². The zero-order chi connectivity index (χ0) is 22.1. The summed E-state index contributed by atoms with van der Waals surface area (Å²) in [6.07, 6.45) is 0.773. The fraction of sp³-hybridized carbons (Fsp3) is 0.364. The normalized spacial score (nSPS) is 11.8. The first kappa shape index (κ1) is 24.9. The van der Waals surface area contributed by atoms with Crippen LogP contribution in [-0.4, -0.2) is 35.1 Å². The first-order valence-corrected chi connectivity index (χ1v) is 11.9. The van der Waals surface area contributed by atoms with Crippen molar-refractivity contribution in [3.8, 4) is 0 Å². The standard InChI is InChI=1S/C22H25Cl3N2O2S/c1-3-20(22(29)26-4-2)27(14-17-18(24)6-5-7-19(17)25)21(28)12-13-30-16-10-8-15(23)9-11-16/h5-11,20H,3-4,12-14H2,1-2H3,(H,26,29)/t20-/m1/s1. The Kier molecular flexibility index (Phi) is 10.3. The maximum Gasteiger partial charge on any atom is 0.242 e. The number of amides is 2. The monoisotopic (exact) mass is 486 g/mol. The zero-order valence-corrected chi connectivity index (χ0v) is 20.0. The summed E-state index contributed by atoms with van der Waals surface area (Å²) in [7, 11) is 0. The first-order valence-electron chi connectivity index (χ1n) is 9.75. The van der Waals surface area contributed by atoms with Gasteiger partial charge in [-0.2, -0.15) is 0 Å². The van der Waals surface area contributed by atoms with Crippen LogP contribution in [0.25, 0.3) is 0 Å². The fourth-order valence-electron chi connectivity index (χ4n) is 3.00. The van der Waals surface area contributed by atoms with Crippen molar-refractivity contribution in [2.24, 2.45) is 0 Å². The largest absolute Gasteiger partial charge is 0.355 e. The van der Waals surface area contributed by atoms with Crippen molar-refractivity contribution >= 4 is 58.4 Å². The number of nitrogens with zero attached hydrogens (tertiary/aromatic N) is 1. The van der Waals surface area contributed by atoms with Gasteiger partial charge in [0.15, 0.2) is 0 Å². The molecule has 1 N–H and O–H groups in total. The van der Waals surface area contributed by atoms with Crippen LogP contribution in [-0.2, 0) is 16.1 Å². The SMILES string of the molecule is CCNC(=O)[C@@H](CC)N(Cc1c(Cl)cccc1Cl)C(=O)CCSc1ccc(Cl)cc1. The third-order valence-corrected chi connectivity index (χ3v) is 6.50. The lowest BCUT2D eigenvalue weighted by molar-refractivity contribution is -0.141. The molecule has 0 unspecified atom stereocenters. The van der Waals surface area contributed by atoms with Gasteiger partial charge in [0, 0.05) is 50.8 Å². The Bertz CT molecular complexity index is 842. The minimum Gasteiger partial charge on any atom is -0.355 e. The highest BCUT2D eigenvalue weighted by molar-refractivity contribution is 7.99. The van der Waals surface area contributed by atoms with E-state index in [4.69, 9.17) is 34.8 Å². The second-order valence-corrected chi connectivity index (χ2v) is 9.01. The van der Waals surface area contributed by atoms with Gasteiger partial charge in [0.2, 0.25) is 11.8 Å². The third kappa shape index (κ3) is 7.09. The Labute approximate surface area is 197 Å². The maximum atomic E-state index is 13.1. The van der Waals surface area contributed by atoms with Gasteiger partial charge >= 0.3 is 0 Å². The number of nitrogens with one attached hydrogen (secondary N) is 1. The molecule has 162 valence electrons. The van der Waals surface area contributed by atoms with Crippen LogP contribution < -0.4 is 5.32 Å². The predicted octanol–water partition coefficient (Wildman–Crippen LogP) is 6.07. The summed E-state index contributed by atoms with van der Waals surface area (Å²) in [4.78, 5) is 28.4. The van der Waals surface area contributed by atoms with Gasteiger partial charge in [-0.3, -0.25) is 9.59 Å². The molecule has 0 radical (unpaired) electrons. The molecule has 30 heavy (non-hydrogen) atoms. The first-order chi connectivity index (χ1) is 14.4. The number of thioether (sulfide) groups is 1. The molecule has 2 aromatic rings. The highest BCUT2D eigenvalue weighted by Crippen LogP contribution is 2.28. The molecule has 4 nitrogen and oxygen atoms in total. The quantitative estimate of drug-likeness (QED) is 0.414. The molecule has 0 bridgehead atoms. The lowest BCUT2D eigenvalue weighted by Gasteiger charge is -2.31. The summed E-state index contributed by atoms with van der Waals surface area (Å²) in [6, 6.07) is 12.1. The Balaban J connectivity index is 2.17. The van der Waals surface area contributed by atoms with E-state index in [0.717, 1.165) is 4.90 Å². The predicted molar refractivity (Wildman–Crippen MR) is 127 cm³/mol. The summed E-state index contributed by atoms with van der Waals surface area (Å²) in [6.45, 7) is 4.41. The molecule has 0 aliphatic heterocycles. The Morgan fingerprint density at radius 1 is 1.03 bits per heavy atom. The van der Waals surface area contributed by atoms with Gasteiger partial charge in [-0.1, -0.05) is 47.8 Å². The highest BCUT2D eigenvalue weighted by atomic mass is 35.5. The average molecular weight is 488 g/mol. The van der Waals surface area contributed by atoms with Crippen LogP contribution in [0.5, 0.6) is 0 Å². The van der Waals surface area contributed by atoms with Crippen molar-refractivity contribution in [1.29, 1.82) is 0 Å². The van der Waals surface area contributed by atoms with Crippen LogP contribution in [0.15, 0.2) is 47.4 Å². The summed E-state index contributed by atoms with van der Waals surface area (Å²) in [5, 5.41) is 4.44. The fourth-order valence-corrected chi connectivity index (χ4v) is 4.48. The van der Waals surface area contributed by atoms with E-state index in [0.29, 0.717) is 39.3 Å². The van der Waals surface area contributed by atoms with E-state index in [1.54, 1.807) is 34.9 Å². The topological polar surface area (TPSA) is 49.4 Å². The van der Waals surface area contributed by atoms with Crippen LogP contribution in [0.3, 0.4) is 0 Å². The van der Waals surface area contributed by atoms with Crippen LogP contribution in [0.4, 0.5) is 0 Å². The number of carbonyl (C=O) groups is 2. The molecule has 0 heterocycles. The molecule has 0 fully saturated rings. The van der Waals surface area contributed by atoms with Gasteiger partial charge < -0.3 is 10.2 Å². The zero-order valence-electron chi connectivity index (χ0n) is 17.0. The molecule has 1 atom stereocenters. The summed E-state index contributed by atoms with van der Waals surface area (Å²) < 4.78 is 0. The molecule has 0 spiro atoms. The van der Waals surface area contributed by atoms with Gasteiger partial charge in [-0.15, -0.1) is 11.8 Å². The van der Waals surface area contributed by atoms with E-state index in [-0.39, 0.29) is 24.8 Å². The third-order valence-electron chi connectivity index (χ3n) is 4.53. The number of likely N-dealkylation sites (N-methyl/N-ethyl adjacent to an activating group) is 1. The lowest BCUT2D eigenvalue weighted by Crippen LogP contribution is -2.49. The molecule has 2 aromatic carbocycles. The van der Waals surface area contributed by atoms with Crippen LogP contribution in [0.2, 0.25) is 15.1 Å². The molecule has 0 aliphatic rings. The van der Waals surface area contributed by atoms with E-state index < -0.39 is 6.04 Å². The van der Waals surface area contributed by atoms with Gasteiger partial charge in [0.25, 0.3) is 0 Å². The van der Waals surface area contributed by atoms with E-state index in [1.165, 1.54) is 0 Å². The molecule has 0 aromatic heterocycles. The van der Waals surface area contributed by atoms with Crippen molar-refractivity contribution in [3.63, 3.8) is 0 Å². The smallest absolute Gasteiger partial charge is 0.242 e. The highest BCUT2D eigenvalue weighted by Gasteiger charge is 2.29. The van der Waals surface area contributed by atoms with Crippen molar-refractivity contribution in [2.75, 3.05) is 12.3 Å². The summed E-state index contributed by atoms with van der Waals surface area (Å²) >= 11 is 20.1. The molecule has 0 saturated heterocycles. The lowest BCUT2D eigenvalue weighted by atomic mass is 10.1. The second-order valence-electron chi connectivity index (χ2n) is 6.59. The Morgan fingerprint density at radius 3 is 2.23 bits per heavy atom. The summed E-state index contributed by atoms with van der Waals surface area (Å²) in [5.74, 6) is 0.284. The number of hydrogen-bond acceptors (Lipinski definition) is 3. The number of hydrogen-bond donors (Lipinski definition) is 1. The minimum absolute atomic E-state index is 0.120. The number of rotatable bonds is 10. The molecule has 2 rings (SSSR count). The van der Waals surface area contributed by atoms with Crippen LogP contribution >= 0.6 is 46.6 Å². The molecule has 0 aliphatic carbocycles. The van der Waals surface area contributed by atoms with Crippen molar-refractivity contribution in [2.45, 2.75) is 44.2 Å². The van der Waals surface area contributed by atoms with Crippen molar-refractivity contribution < 1.29 is 9.59 Å².